The fraction of sp³-hybridized carbons (Fsp3) is 0.929. The quantitative estimate of drug-likeness (QED) is 0.631. The largest absolute Gasteiger partial charge is 0.391 e. The van der Waals surface area contributed by atoms with Gasteiger partial charge in [-0.2, -0.15) is 0 Å². The zero-order valence-corrected chi connectivity index (χ0v) is 11.6. The van der Waals surface area contributed by atoms with E-state index < -0.39 is 6.10 Å². The van der Waals surface area contributed by atoms with Crippen molar-refractivity contribution in [2.75, 3.05) is 13.1 Å². The van der Waals surface area contributed by atoms with E-state index in [2.05, 4.69) is 5.32 Å². The molecule has 0 saturated heterocycles. The lowest BCUT2D eigenvalue weighted by Crippen LogP contribution is -2.47. The predicted octanol–water partition coefficient (Wildman–Crippen LogP) is 1.56. The molecule has 1 aliphatic carbocycles. The summed E-state index contributed by atoms with van der Waals surface area (Å²) in [7, 11) is 0. The Hall–Kier alpha value is -0.610. The van der Waals surface area contributed by atoms with Crippen LogP contribution in [0.1, 0.15) is 58.3 Å². The van der Waals surface area contributed by atoms with Crippen molar-refractivity contribution >= 4 is 5.91 Å². The summed E-state index contributed by atoms with van der Waals surface area (Å²) in [5.41, 5.74) is 5.46. The van der Waals surface area contributed by atoms with Crippen LogP contribution in [0, 0.1) is 5.41 Å². The first kappa shape index (κ1) is 15.4. The minimum absolute atomic E-state index is 0.0436. The maximum atomic E-state index is 12.3. The third-order valence-electron chi connectivity index (χ3n) is 4.05. The van der Waals surface area contributed by atoms with E-state index >= 15 is 0 Å². The molecule has 0 aliphatic heterocycles. The highest BCUT2D eigenvalue weighted by Crippen LogP contribution is 2.34. The van der Waals surface area contributed by atoms with Gasteiger partial charge in [0.05, 0.1) is 11.5 Å². The van der Waals surface area contributed by atoms with Gasteiger partial charge in [0.15, 0.2) is 0 Å². The number of rotatable bonds is 6. The molecule has 1 rings (SSSR count). The molecule has 0 bridgehead atoms. The molecule has 0 spiro atoms. The van der Waals surface area contributed by atoms with Gasteiger partial charge in [-0.25, -0.2) is 0 Å². The molecular weight excluding hydrogens is 228 g/mol. The van der Waals surface area contributed by atoms with E-state index in [-0.39, 0.29) is 11.3 Å². The standard InChI is InChI=1S/C14H28N2O2/c1-2-7-12(17)10-16-13(18)14(11-15)8-5-3-4-6-9-14/h12,17H,2-11,15H2,1H3,(H,16,18). The van der Waals surface area contributed by atoms with Crippen LogP contribution in [0.5, 0.6) is 0 Å². The Bertz CT molecular complexity index is 248. The number of amides is 1. The molecule has 1 atom stereocenters. The normalized spacial score (nSPS) is 21.1. The molecule has 1 saturated carbocycles. The molecule has 0 aromatic rings. The lowest BCUT2D eigenvalue weighted by atomic mass is 9.79. The minimum atomic E-state index is -0.431. The van der Waals surface area contributed by atoms with Crippen LogP contribution in [0.4, 0.5) is 0 Å². The van der Waals surface area contributed by atoms with Crippen molar-refractivity contribution in [1.29, 1.82) is 0 Å². The van der Waals surface area contributed by atoms with E-state index in [9.17, 15) is 9.90 Å². The van der Waals surface area contributed by atoms with Gasteiger partial charge in [-0.1, -0.05) is 39.0 Å². The summed E-state index contributed by atoms with van der Waals surface area (Å²) in [5, 5.41) is 12.6. The van der Waals surface area contributed by atoms with Crippen LogP contribution in [0.25, 0.3) is 0 Å². The first-order valence-corrected chi connectivity index (χ1v) is 7.31. The van der Waals surface area contributed by atoms with E-state index in [1.165, 1.54) is 12.8 Å². The van der Waals surface area contributed by atoms with Gasteiger partial charge in [-0.15, -0.1) is 0 Å². The van der Waals surface area contributed by atoms with Gasteiger partial charge in [0.2, 0.25) is 5.91 Å². The average Bonchev–Trinajstić information content (AvgIpc) is 2.62. The zero-order chi connectivity index (χ0) is 13.4. The molecule has 0 aromatic carbocycles. The highest BCUT2D eigenvalue weighted by Gasteiger charge is 2.37. The Balaban J connectivity index is 2.50. The van der Waals surface area contributed by atoms with Gasteiger partial charge in [-0.3, -0.25) is 4.79 Å². The Labute approximate surface area is 110 Å². The van der Waals surface area contributed by atoms with Gasteiger partial charge in [0.25, 0.3) is 0 Å². The Morgan fingerprint density at radius 1 is 1.33 bits per heavy atom. The number of aliphatic hydroxyl groups excluding tert-OH is 1. The molecule has 1 amide bonds. The number of hydrogen-bond donors (Lipinski definition) is 3. The van der Waals surface area contributed by atoms with E-state index in [0.29, 0.717) is 13.1 Å². The lowest BCUT2D eigenvalue weighted by Gasteiger charge is -2.30. The fourth-order valence-electron chi connectivity index (χ4n) is 2.76. The van der Waals surface area contributed by atoms with E-state index in [4.69, 9.17) is 5.73 Å². The Morgan fingerprint density at radius 2 is 1.94 bits per heavy atom. The van der Waals surface area contributed by atoms with Gasteiger partial charge < -0.3 is 16.2 Å². The second kappa shape index (κ2) is 7.74. The molecule has 0 radical (unpaired) electrons. The van der Waals surface area contributed by atoms with Crippen LogP contribution < -0.4 is 11.1 Å². The molecule has 4 heteroatoms. The maximum absolute atomic E-state index is 12.3. The van der Waals surface area contributed by atoms with E-state index in [1.54, 1.807) is 0 Å². The predicted molar refractivity (Wildman–Crippen MR) is 73.1 cm³/mol. The molecule has 4 nitrogen and oxygen atoms in total. The van der Waals surface area contributed by atoms with E-state index in [0.717, 1.165) is 38.5 Å². The van der Waals surface area contributed by atoms with Gasteiger partial charge in [0, 0.05) is 13.1 Å². The Morgan fingerprint density at radius 3 is 2.44 bits per heavy atom. The maximum Gasteiger partial charge on any atom is 0.227 e. The molecule has 4 N–H and O–H groups in total. The number of carbonyl (C=O) groups is 1. The van der Waals surface area contributed by atoms with Crippen LogP contribution in [0.15, 0.2) is 0 Å². The van der Waals surface area contributed by atoms with Crippen LogP contribution in [-0.4, -0.2) is 30.2 Å². The number of aliphatic hydroxyl groups is 1. The van der Waals surface area contributed by atoms with Crippen molar-refractivity contribution in [3.63, 3.8) is 0 Å². The van der Waals surface area contributed by atoms with Crippen molar-refractivity contribution in [3.05, 3.63) is 0 Å². The van der Waals surface area contributed by atoms with Gasteiger partial charge in [0.1, 0.15) is 0 Å². The smallest absolute Gasteiger partial charge is 0.227 e. The summed E-state index contributed by atoms with van der Waals surface area (Å²) in [5.74, 6) is 0.0436. The number of nitrogens with one attached hydrogen (secondary N) is 1. The summed E-state index contributed by atoms with van der Waals surface area (Å²) in [6.45, 7) is 2.80. The third-order valence-corrected chi connectivity index (χ3v) is 4.05. The molecular formula is C14H28N2O2. The van der Waals surface area contributed by atoms with Crippen LogP contribution >= 0.6 is 0 Å². The van der Waals surface area contributed by atoms with Gasteiger partial charge >= 0.3 is 0 Å². The highest BCUT2D eigenvalue weighted by atomic mass is 16.3. The number of carbonyl (C=O) groups excluding carboxylic acids is 1. The number of nitrogens with two attached hydrogens (primary N) is 1. The third kappa shape index (κ3) is 4.25. The van der Waals surface area contributed by atoms with Crippen molar-refractivity contribution in [2.24, 2.45) is 11.1 Å². The molecule has 0 heterocycles. The molecule has 1 aliphatic rings. The molecule has 1 fully saturated rings. The average molecular weight is 256 g/mol. The second-order valence-electron chi connectivity index (χ2n) is 5.55. The summed E-state index contributed by atoms with van der Waals surface area (Å²) in [6, 6.07) is 0. The monoisotopic (exact) mass is 256 g/mol. The first-order chi connectivity index (χ1) is 8.64. The minimum Gasteiger partial charge on any atom is -0.391 e. The molecule has 106 valence electrons. The summed E-state index contributed by atoms with van der Waals surface area (Å²) >= 11 is 0. The topological polar surface area (TPSA) is 75.3 Å². The van der Waals surface area contributed by atoms with Crippen molar-refractivity contribution in [2.45, 2.75) is 64.4 Å². The van der Waals surface area contributed by atoms with Crippen molar-refractivity contribution in [1.82, 2.24) is 5.32 Å². The van der Waals surface area contributed by atoms with E-state index in [1.807, 2.05) is 6.92 Å². The Kier molecular flexibility index (Phi) is 6.65. The highest BCUT2D eigenvalue weighted by molar-refractivity contribution is 5.82. The van der Waals surface area contributed by atoms with Crippen LogP contribution in [0.2, 0.25) is 0 Å². The van der Waals surface area contributed by atoms with Crippen LogP contribution in [-0.2, 0) is 4.79 Å². The van der Waals surface area contributed by atoms with Crippen LogP contribution in [0.3, 0.4) is 0 Å². The molecule has 0 aromatic heterocycles. The number of hydrogen-bond acceptors (Lipinski definition) is 3. The fourth-order valence-corrected chi connectivity index (χ4v) is 2.76. The molecule has 1 unspecified atom stereocenters. The second-order valence-corrected chi connectivity index (χ2v) is 5.55. The SMILES string of the molecule is CCCC(O)CNC(=O)C1(CN)CCCCCC1. The summed E-state index contributed by atoms with van der Waals surface area (Å²) in [4.78, 5) is 12.3. The van der Waals surface area contributed by atoms with Crippen molar-refractivity contribution < 1.29 is 9.90 Å². The zero-order valence-electron chi connectivity index (χ0n) is 11.6. The molecule has 18 heavy (non-hydrogen) atoms. The van der Waals surface area contributed by atoms with Crippen molar-refractivity contribution in [3.8, 4) is 0 Å². The summed E-state index contributed by atoms with van der Waals surface area (Å²) in [6.07, 6.45) is 7.58. The lowest BCUT2D eigenvalue weighted by molar-refractivity contribution is -0.131. The summed E-state index contributed by atoms with van der Waals surface area (Å²) < 4.78 is 0. The first-order valence-electron chi connectivity index (χ1n) is 7.31. The van der Waals surface area contributed by atoms with Gasteiger partial charge in [-0.05, 0) is 19.3 Å².